The first-order valence-corrected chi connectivity index (χ1v) is 8.57. The minimum atomic E-state index is -0.665. The second-order valence-electron chi connectivity index (χ2n) is 6.01. The number of nitrogens with one attached hydrogen (secondary N) is 2. The van der Waals surface area contributed by atoms with Crippen LogP contribution in [-0.4, -0.2) is 18.7 Å². The van der Waals surface area contributed by atoms with Gasteiger partial charge in [-0.3, -0.25) is 5.32 Å². The van der Waals surface area contributed by atoms with Crippen LogP contribution in [0, 0.1) is 6.92 Å². The zero-order valence-corrected chi connectivity index (χ0v) is 15.4. The number of rotatable bonds is 4. The average Bonchev–Trinajstić information content (AvgIpc) is 2.62. The summed E-state index contributed by atoms with van der Waals surface area (Å²) >= 11 is 0. The predicted octanol–water partition coefficient (Wildman–Crippen LogP) is 3.83. The number of carbonyl (C=O) groups excluding carboxylic acids is 2. The summed E-state index contributed by atoms with van der Waals surface area (Å²) in [5, 5.41) is 5.78. The van der Waals surface area contributed by atoms with Crippen molar-refractivity contribution in [1.82, 2.24) is 0 Å². The zero-order chi connectivity index (χ0) is 20.3. The molecule has 0 saturated carbocycles. The van der Waals surface area contributed by atoms with Crippen molar-refractivity contribution in [3.63, 3.8) is 0 Å². The molecule has 8 heteroatoms. The first-order valence-electron chi connectivity index (χ1n) is 8.57. The summed E-state index contributed by atoms with van der Waals surface area (Å²) in [4.78, 5) is 35.1. The number of ether oxygens (including phenoxy) is 1. The van der Waals surface area contributed by atoms with E-state index in [2.05, 4.69) is 10.6 Å². The van der Waals surface area contributed by atoms with Crippen molar-refractivity contribution >= 4 is 34.5 Å². The molecule has 144 valence electrons. The van der Waals surface area contributed by atoms with Crippen LogP contribution in [0.3, 0.4) is 0 Å². The lowest BCUT2D eigenvalue weighted by Gasteiger charge is -2.10. The van der Waals surface area contributed by atoms with Crippen molar-refractivity contribution in [3.8, 4) is 11.1 Å². The topological polar surface area (TPSA) is 124 Å². The summed E-state index contributed by atoms with van der Waals surface area (Å²) in [7, 11) is 0. The second kappa shape index (κ2) is 7.83. The number of benzene rings is 2. The Labute approximate surface area is 160 Å². The van der Waals surface area contributed by atoms with Crippen molar-refractivity contribution < 1.29 is 18.7 Å². The first kappa shape index (κ1) is 19.0. The Kier molecular flexibility index (Phi) is 5.30. The Morgan fingerprint density at radius 2 is 1.75 bits per heavy atom. The summed E-state index contributed by atoms with van der Waals surface area (Å²) in [5.41, 5.74) is 7.74. The van der Waals surface area contributed by atoms with Gasteiger partial charge in [-0.15, -0.1) is 0 Å². The summed E-state index contributed by atoms with van der Waals surface area (Å²) in [6.45, 7) is 3.79. The molecule has 0 aliphatic carbocycles. The minimum absolute atomic E-state index is 0.255. The van der Waals surface area contributed by atoms with Gasteiger partial charge in [-0.25, -0.2) is 14.4 Å². The van der Waals surface area contributed by atoms with E-state index in [0.29, 0.717) is 28.1 Å². The maximum absolute atomic E-state index is 12.6. The van der Waals surface area contributed by atoms with Gasteiger partial charge in [0.1, 0.15) is 5.58 Å². The van der Waals surface area contributed by atoms with E-state index in [-0.39, 0.29) is 6.61 Å². The van der Waals surface area contributed by atoms with Crippen LogP contribution in [-0.2, 0) is 4.74 Å². The number of anilines is 2. The fourth-order valence-corrected chi connectivity index (χ4v) is 2.91. The normalized spacial score (nSPS) is 10.5. The van der Waals surface area contributed by atoms with Crippen LogP contribution >= 0.6 is 0 Å². The largest absolute Gasteiger partial charge is 0.450 e. The molecule has 0 bridgehead atoms. The molecule has 0 fully saturated rings. The predicted molar refractivity (Wildman–Crippen MR) is 107 cm³/mol. The van der Waals surface area contributed by atoms with Crippen LogP contribution in [0.15, 0.2) is 51.7 Å². The number of primary amides is 1. The highest BCUT2D eigenvalue weighted by molar-refractivity contribution is 5.92. The van der Waals surface area contributed by atoms with Crippen LogP contribution in [0.2, 0.25) is 0 Å². The molecule has 4 N–H and O–H groups in total. The van der Waals surface area contributed by atoms with Gasteiger partial charge in [0.25, 0.3) is 0 Å². The zero-order valence-electron chi connectivity index (χ0n) is 15.4. The molecule has 1 heterocycles. The molecule has 0 aliphatic rings. The van der Waals surface area contributed by atoms with E-state index in [1.807, 2.05) is 6.92 Å². The van der Waals surface area contributed by atoms with Gasteiger partial charge in [-0.05, 0) is 49.2 Å². The van der Waals surface area contributed by atoms with E-state index in [1.54, 1.807) is 49.4 Å². The van der Waals surface area contributed by atoms with Crippen molar-refractivity contribution in [2.75, 3.05) is 17.2 Å². The number of carbonyl (C=O) groups is 2. The van der Waals surface area contributed by atoms with Gasteiger partial charge in [0.05, 0.1) is 12.2 Å². The van der Waals surface area contributed by atoms with E-state index in [1.165, 1.54) is 0 Å². The molecule has 28 heavy (non-hydrogen) atoms. The maximum Gasteiger partial charge on any atom is 0.411 e. The summed E-state index contributed by atoms with van der Waals surface area (Å²) in [5.74, 6) is 0. The van der Waals surface area contributed by atoms with Crippen molar-refractivity contribution in [2.24, 2.45) is 5.73 Å². The molecule has 0 saturated heterocycles. The molecule has 3 rings (SSSR count). The Balaban J connectivity index is 2.00. The van der Waals surface area contributed by atoms with Gasteiger partial charge >= 0.3 is 17.7 Å². The second-order valence-corrected chi connectivity index (χ2v) is 6.01. The maximum atomic E-state index is 12.6. The summed E-state index contributed by atoms with van der Waals surface area (Å²) < 4.78 is 10.3. The number of hydrogen-bond acceptors (Lipinski definition) is 5. The van der Waals surface area contributed by atoms with Gasteiger partial charge in [-0.1, -0.05) is 12.1 Å². The van der Waals surface area contributed by atoms with Crippen LogP contribution in [0.1, 0.15) is 12.5 Å². The Morgan fingerprint density at radius 3 is 2.39 bits per heavy atom. The minimum Gasteiger partial charge on any atom is -0.450 e. The van der Waals surface area contributed by atoms with Gasteiger partial charge in [0.2, 0.25) is 0 Å². The molecule has 8 nitrogen and oxygen atoms in total. The van der Waals surface area contributed by atoms with Gasteiger partial charge < -0.3 is 20.2 Å². The third-order valence-corrected chi connectivity index (χ3v) is 4.13. The van der Waals surface area contributed by atoms with Crippen molar-refractivity contribution in [3.05, 3.63) is 58.4 Å². The molecule has 1 aromatic heterocycles. The summed E-state index contributed by atoms with van der Waals surface area (Å²) in [6.07, 6.45) is -0.581. The molecular formula is C20H19N3O5. The van der Waals surface area contributed by atoms with E-state index < -0.39 is 17.7 Å². The smallest absolute Gasteiger partial charge is 0.411 e. The number of urea groups is 1. The number of fused-ring (bicyclic) bond motifs is 1. The fraction of sp³-hybridized carbons (Fsp3) is 0.150. The monoisotopic (exact) mass is 381 g/mol. The highest BCUT2D eigenvalue weighted by Gasteiger charge is 2.14. The number of aryl methyl sites for hydroxylation is 1. The third kappa shape index (κ3) is 3.96. The van der Waals surface area contributed by atoms with Crippen LogP contribution in [0.4, 0.5) is 21.0 Å². The van der Waals surface area contributed by atoms with Gasteiger partial charge in [0.15, 0.2) is 0 Å². The first-order chi connectivity index (χ1) is 13.4. The van der Waals surface area contributed by atoms with E-state index in [0.717, 1.165) is 10.9 Å². The molecule has 3 aromatic rings. The Bertz CT molecular complexity index is 1100. The van der Waals surface area contributed by atoms with Gasteiger partial charge in [0, 0.05) is 22.8 Å². The number of hydrogen-bond donors (Lipinski definition) is 3. The van der Waals surface area contributed by atoms with E-state index in [9.17, 15) is 14.4 Å². The van der Waals surface area contributed by atoms with E-state index >= 15 is 0 Å². The average molecular weight is 381 g/mol. The standard InChI is InChI=1S/C20H19N3O5/c1-3-27-20(26)23-14-8-9-15-11(2)17(18(24)28-16(15)10-14)12-4-6-13(7-5-12)22-19(21)25/h4-10H,3H2,1-2H3,(H,23,26)(H3,21,22,25). The lowest BCUT2D eigenvalue weighted by atomic mass is 9.99. The Morgan fingerprint density at radius 1 is 1.07 bits per heavy atom. The quantitative estimate of drug-likeness (QED) is 0.593. The third-order valence-electron chi connectivity index (χ3n) is 4.13. The van der Waals surface area contributed by atoms with Crippen LogP contribution < -0.4 is 22.0 Å². The highest BCUT2D eigenvalue weighted by Crippen LogP contribution is 2.29. The molecular weight excluding hydrogens is 362 g/mol. The van der Waals surface area contributed by atoms with Crippen LogP contribution in [0.25, 0.3) is 22.1 Å². The lowest BCUT2D eigenvalue weighted by Crippen LogP contribution is -2.19. The molecule has 0 spiro atoms. The number of nitrogens with two attached hydrogens (primary N) is 1. The van der Waals surface area contributed by atoms with Crippen molar-refractivity contribution in [2.45, 2.75) is 13.8 Å². The molecule has 3 amide bonds. The fourth-order valence-electron chi connectivity index (χ4n) is 2.91. The molecule has 0 atom stereocenters. The molecule has 2 aromatic carbocycles. The molecule has 0 radical (unpaired) electrons. The Hall–Kier alpha value is -3.81. The van der Waals surface area contributed by atoms with E-state index in [4.69, 9.17) is 14.9 Å². The SMILES string of the molecule is CCOC(=O)Nc1ccc2c(C)c(-c3ccc(NC(N)=O)cc3)c(=O)oc2c1. The highest BCUT2D eigenvalue weighted by atomic mass is 16.5. The summed E-state index contributed by atoms with van der Waals surface area (Å²) in [6, 6.07) is 11.1. The van der Waals surface area contributed by atoms with Crippen molar-refractivity contribution in [1.29, 1.82) is 0 Å². The van der Waals surface area contributed by atoms with Gasteiger partial charge in [-0.2, -0.15) is 0 Å². The van der Waals surface area contributed by atoms with Crippen LogP contribution in [0.5, 0.6) is 0 Å². The lowest BCUT2D eigenvalue weighted by molar-refractivity contribution is 0.168. The number of amides is 3. The molecule has 0 unspecified atom stereocenters. The molecule has 0 aliphatic heterocycles.